The summed E-state index contributed by atoms with van der Waals surface area (Å²) in [5.41, 5.74) is 0.0921. The summed E-state index contributed by atoms with van der Waals surface area (Å²) in [6.45, 7) is 7.44. The summed E-state index contributed by atoms with van der Waals surface area (Å²) in [4.78, 5) is 0. The van der Waals surface area contributed by atoms with Gasteiger partial charge in [-0.15, -0.1) is 0 Å². The van der Waals surface area contributed by atoms with Crippen LogP contribution in [0.15, 0.2) is 0 Å². The predicted octanol–water partition coefficient (Wildman–Crippen LogP) is 0.115. The van der Waals surface area contributed by atoms with Gasteiger partial charge in [0.05, 0.1) is 12.2 Å². The zero-order valence-corrected chi connectivity index (χ0v) is 7.89. The SMILES string of the molecule is CC1(C)CC(NC2CNC2)CO1. The van der Waals surface area contributed by atoms with E-state index in [2.05, 4.69) is 24.5 Å². The quantitative estimate of drug-likeness (QED) is 0.617. The highest BCUT2D eigenvalue weighted by atomic mass is 16.5. The van der Waals surface area contributed by atoms with E-state index in [1.807, 2.05) is 0 Å². The minimum Gasteiger partial charge on any atom is -0.374 e. The average molecular weight is 170 g/mol. The topological polar surface area (TPSA) is 33.3 Å². The minimum absolute atomic E-state index is 0.0921. The molecule has 1 unspecified atom stereocenters. The third kappa shape index (κ3) is 1.79. The van der Waals surface area contributed by atoms with Crippen LogP contribution in [0.1, 0.15) is 20.3 Å². The second-order valence-corrected chi connectivity index (χ2v) is 4.49. The first-order chi connectivity index (χ1) is 5.66. The van der Waals surface area contributed by atoms with Gasteiger partial charge in [0.1, 0.15) is 0 Å². The molecule has 0 amide bonds. The van der Waals surface area contributed by atoms with Crippen LogP contribution >= 0.6 is 0 Å². The highest BCUT2D eigenvalue weighted by Gasteiger charge is 2.33. The predicted molar refractivity (Wildman–Crippen MR) is 48.2 cm³/mol. The van der Waals surface area contributed by atoms with Gasteiger partial charge in [-0.25, -0.2) is 0 Å². The normalized spacial score (nSPS) is 35.0. The fourth-order valence-corrected chi connectivity index (χ4v) is 1.88. The summed E-state index contributed by atoms with van der Waals surface area (Å²) >= 11 is 0. The molecule has 0 aromatic rings. The van der Waals surface area contributed by atoms with Gasteiger partial charge in [-0.2, -0.15) is 0 Å². The number of nitrogens with one attached hydrogen (secondary N) is 2. The van der Waals surface area contributed by atoms with Crippen molar-refractivity contribution >= 4 is 0 Å². The highest BCUT2D eigenvalue weighted by Crippen LogP contribution is 2.24. The molecular formula is C9H18N2O. The summed E-state index contributed by atoms with van der Waals surface area (Å²) < 4.78 is 5.64. The second-order valence-electron chi connectivity index (χ2n) is 4.49. The van der Waals surface area contributed by atoms with Crippen molar-refractivity contribution in [2.24, 2.45) is 0 Å². The molecule has 2 aliphatic heterocycles. The van der Waals surface area contributed by atoms with E-state index >= 15 is 0 Å². The van der Waals surface area contributed by atoms with Gasteiger partial charge < -0.3 is 15.4 Å². The Hall–Kier alpha value is -0.120. The van der Waals surface area contributed by atoms with Crippen LogP contribution in [0.25, 0.3) is 0 Å². The highest BCUT2D eigenvalue weighted by molar-refractivity contribution is 4.91. The summed E-state index contributed by atoms with van der Waals surface area (Å²) in [5.74, 6) is 0. The van der Waals surface area contributed by atoms with E-state index in [1.165, 1.54) is 0 Å². The molecule has 2 aliphatic rings. The van der Waals surface area contributed by atoms with E-state index in [0.29, 0.717) is 12.1 Å². The molecule has 0 aliphatic carbocycles. The van der Waals surface area contributed by atoms with Crippen LogP contribution in [-0.2, 0) is 4.74 Å². The van der Waals surface area contributed by atoms with Crippen LogP contribution < -0.4 is 10.6 Å². The molecule has 3 heteroatoms. The van der Waals surface area contributed by atoms with Crippen molar-refractivity contribution in [2.75, 3.05) is 19.7 Å². The van der Waals surface area contributed by atoms with Gasteiger partial charge in [0.15, 0.2) is 0 Å². The Morgan fingerprint density at radius 1 is 1.33 bits per heavy atom. The van der Waals surface area contributed by atoms with E-state index in [-0.39, 0.29) is 5.60 Å². The van der Waals surface area contributed by atoms with Gasteiger partial charge in [0, 0.05) is 25.2 Å². The molecule has 0 bridgehead atoms. The van der Waals surface area contributed by atoms with Gasteiger partial charge in [-0.05, 0) is 20.3 Å². The maximum atomic E-state index is 5.64. The molecule has 0 radical (unpaired) electrons. The summed E-state index contributed by atoms with van der Waals surface area (Å²) in [6.07, 6.45) is 1.14. The van der Waals surface area contributed by atoms with Gasteiger partial charge in [-0.3, -0.25) is 0 Å². The molecule has 2 saturated heterocycles. The van der Waals surface area contributed by atoms with E-state index in [1.54, 1.807) is 0 Å². The summed E-state index contributed by atoms with van der Waals surface area (Å²) in [7, 11) is 0. The third-order valence-electron chi connectivity index (χ3n) is 2.67. The largest absolute Gasteiger partial charge is 0.374 e. The standard InChI is InChI=1S/C9H18N2O/c1-9(2)3-7(6-12-9)11-8-4-10-5-8/h7-8,10-11H,3-6H2,1-2H3. The number of hydrogen-bond donors (Lipinski definition) is 2. The smallest absolute Gasteiger partial charge is 0.0643 e. The van der Waals surface area contributed by atoms with Crippen molar-refractivity contribution in [2.45, 2.75) is 38.0 Å². The van der Waals surface area contributed by atoms with E-state index in [9.17, 15) is 0 Å². The molecule has 0 spiro atoms. The van der Waals surface area contributed by atoms with Crippen molar-refractivity contribution in [1.82, 2.24) is 10.6 Å². The first-order valence-corrected chi connectivity index (χ1v) is 4.76. The second kappa shape index (κ2) is 2.98. The van der Waals surface area contributed by atoms with Crippen LogP contribution in [0.5, 0.6) is 0 Å². The van der Waals surface area contributed by atoms with Crippen molar-refractivity contribution in [3.63, 3.8) is 0 Å². The molecule has 0 saturated carbocycles. The molecule has 70 valence electrons. The Morgan fingerprint density at radius 3 is 2.50 bits per heavy atom. The van der Waals surface area contributed by atoms with Crippen LogP contribution in [0, 0.1) is 0 Å². The Labute approximate surface area is 73.9 Å². The van der Waals surface area contributed by atoms with Crippen LogP contribution in [0.3, 0.4) is 0 Å². The van der Waals surface area contributed by atoms with Crippen molar-refractivity contribution in [1.29, 1.82) is 0 Å². The first kappa shape index (κ1) is 8.48. The third-order valence-corrected chi connectivity index (χ3v) is 2.67. The molecule has 0 aromatic carbocycles. The minimum atomic E-state index is 0.0921. The fraction of sp³-hybridized carbons (Fsp3) is 1.00. The monoisotopic (exact) mass is 170 g/mol. The lowest BCUT2D eigenvalue weighted by molar-refractivity contribution is 0.0354. The Morgan fingerprint density at radius 2 is 2.08 bits per heavy atom. The first-order valence-electron chi connectivity index (χ1n) is 4.76. The Bertz CT molecular complexity index is 166. The maximum absolute atomic E-state index is 5.64. The Balaban J connectivity index is 1.75. The Kier molecular flexibility index (Phi) is 2.10. The molecule has 3 nitrogen and oxygen atoms in total. The zero-order valence-electron chi connectivity index (χ0n) is 7.89. The van der Waals surface area contributed by atoms with Gasteiger partial charge in [-0.1, -0.05) is 0 Å². The molecular weight excluding hydrogens is 152 g/mol. The van der Waals surface area contributed by atoms with E-state index < -0.39 is 0 Å². The van der Waals surface area contributed by atoms with Crippen molar-refractivity contribution in [3.05, 3.63) is 0 Å². The molecule has 12 heavy (non-hydrogen) atoms. The average Bonchev–Trinajstić information content (AvgIpc) is 2.21. The molecule has 2 heterocycles. The van der Waals surface area contributed by atoms with Gasteiger partial charge in [0.2, 0.25) is 0 Å². The molecule has 1 atom stereocenters. The molecule has 2 fully saturated rings. The summed E-state index contributed by atoms with van der Waals surface area (Å²) in [6, 6.07) is 1.26. The van der Waals surface area contributed by atoms with Gasteiger partial charge in [0.25, 0.3) is 0 Å². The van der Waals surface area contributed by atoms with E-state index in [0.717, 1.165) is 26.1 Å². The van der Waals surface area contributed by atoms with Crippen molar-refractivity contribution < 1.29 is 4.74 Å². The summed E-state index contributed by atoms with van der Waals surface area (Å²) in [5, 5.41) is 6.84. The van der Waals surface area contributed by atoms with Crippen LogP contribution in [-0.4, -0.2) is 37.4 Å². The molecule has 2 N–H and O–H groups in total. The van der Waals surface area contributed by atoms with Crippen LogP contribution in [0.4, 0.5) is 0 Å². The lowest BCUT2D eigenvalue weighted by Crippen LogP contribution is -2.58. The van der Waals surface area contributed by atoms with E-state index in [4.69, 9.17) is 4.74 Å². The lowest BCUT2D eigenvalue weighted by Gasteiger charge is -2.30. The zero-order chi connectivity index (χ0) is 8.60. The van der Waals surface area contributed by atoms with Crippen LogP contribution in [0.2, 0.25) is 0 Å². The fourth-order valence-electron chi connectivity index (χ4n) is 1.88. The number of rotatable bonds is 2. The maximum Gasteiger partial charge on any atom is 0.0643 e. The number of ether oxygens (including phenoxy) is 1. The number of hydrogen-bond acceptors (Lipinski definition) is 3. The molecule has 0 aromatic heterocycles. The van der Waals surface area contributed by atoms with Gasteiger partial charge >= 0.3 is 0 Å². The van der Waals surface area contributed by atoms with Crippen molar-refractivity contribution in [3.8, 4) is 0 Å². The molecule has 2 rings (SSSR count). The lowest BCUT2D eigenvalue weighted by atomic mass is 10.0.